The van der Waals surface area contributed by atoms with E-state index >= 15 is 0 Å². The lowest BCUT2D eigenvalue weighted by Crippen LogP contribution is -2.52. The summed E-state index contributed by atoms with van der Waals surface area (Å²) in [6.07, 6.45) is 4.89. The molecule has 37 heavy (non-hydrogen) atoms. The van der Waals surface area contributed by atoms with E-state index < -0.39 is 6.04 Å². The van der Waals surface area contributed by atoms with Crippen LogP contribution in [0.1, 0.15) is 43.2 Å². The van der Waals surface area contributed by atoms with Crippen LogP contribution in [0.4, 0.5) is 0 Å². The van der Waals surface area contributed by atoms with E-state index in [0.717, 1.165) is 36.1 Å². The minimum atomic E-state index is -0.676. The fraction of sp³-hybridized carbons (Fsp3) is 0.333. The minimum Gasteiger partial charge on any atom is -0.352 e. The maximum Gasteiger partial charge on any atom is 0.243 e. The van der Waals surface area contributed by atoms with Gasteiger partial charge in [-0.3, -0.25) is 9.59 Å². The molecule has 0 spiro atoms. The quantitative estimate of drug-likeness (QED) is 0.255. The standard InChI is InChI=1S/C30H32Cl2N2O2S/c31-26-16-9-17-27(32)25(26)21-34(29(35)18-19-37-24-14-5-2-6-15-24)28(20-22-10-3-1-4-11-22)30(36)33-23-12-7-8-13-23/h1-6,9-11,14-17,23,28H,7-8,12-13,18-21H2,(H,33,36)/t28-/m1/s1. The molecule has 1 fully saturated rings. The van der Waals surface area contributed by atoms with Gasteiger partial charge < -0.3 is 10.2 Å². The van der Waals surface area contributed by atoms with E-state index in [9.17, 15) is 9.59 Å². The van der Waals surface area contributed by atoms with E-state index in [-0.39, 0.29) is 24.4 Å². The van der Waals surface area contributed by atoms with E-state index in [1.807, 2.05) is 60.7 Å². The third-order valence-corrected chi connectivity index (χ3v) is 8.41. The minimum absolute atomic E-state index is 0.0954. The molecule has 0 aromatic heterocycles. The van der Waals surface area contributed by atoms with Crippen LogP contribution in [0.25, 0.3) is 0 Å². The first-order chi connectivity index (χ1) is 18.0. The van der Waals surface area contributed by atoms with Crippen LogP contribution in [0, 0.1) is 0 Å². The lowest BCUT2D eigenvalue weighted by Gasteiger charge is -2.33. The number of nitrogens with one attached hydrogen (secondary N) is 1. The van der Waals surface area contributed by atoms with Crippen molar-refractivity contribution in [3.63, 3.8) is 0 Å². The second-order valence-electron chi connectivity index (χ2n) is 9.33. The number of carbonyl (C=O) groups excluding carboxylic acids is 2. The smallest absolute Gasteiger partial charge is 0.243 e. The van der Waals surface area contributed by atoms with Gasteiger partial charge in [-0.15, -0.1) is 11.8 Å². The summed E-state index contributed by atoms with van der Waals surface area (Å²) >= 11 is 14.7. The Bertz CT molecular complexity index is 1150. The van der Waals surface area contributed by atoms with Gasteiger partial charge in [-0.2, -0.15) is 0 Å². The second-order valence-corrected chi connectivity index (χ2v) is 11.3. The van der Waals surface area contributed by atoms with Gasteiger partial charge in [-0.25, -0.2) is 0 Å². The number of carbonyl (C=O) groups is 2. The highest BCUT2D eigenvalue weighted by Gasteiger charge is 2.32. The first kappa shape index (κ1) is 27.6. The number of benzene rings is 3. The van der Waals surface area contributed by atoms with Gasteiger partial charge in [-0.05, 0) is 42.7 Å². The Morgan fingerprint density at radius 3 is 2.16 bits per heavy atom. The van der Waals surface area contributed by atoms with Crippen molar-refractivity contribution in [1.29, 1.82) is 0 Å². The summed E-state index contributed by atoms with van der Waals surface area (Å²) in [7, 11) is 0. The first-order valence-corrected chi connectivity index (χ1v) is 14.5. The third-order valence-electron chi connectivity index (χ3n) is 6.69. The predicted octanol–water partition coefficient (Wildman–Crippen LogP) is 7.17. The summed E-state index contributed by atoms with van der Waals surface area (Å²) in [6.45, 7) is 0.170. The van der Waals surface area contributed by atoms with Gasteiger partial charge in [0.2, 0.25) is 11.8 Å². The van der Waals surface area contributed by atoms with E-state index in [0.29, 0.717) is 34.2 Å². The molecule has 4 rings (SSSR count). The van der Waals surface area contributed by atoms with Crippen LogP contribution < -0.4 is 5.32 Å². The van der Waals surface area contributed by atoms with Gasteiger partial charge in [0.1, 0.15) is 6.04 Å². The van der Waals surface area contributed by atoms with Crippen LogP contribution in [0.2, 0.25) is 10.0 Å². The van der Waals surface area contributed by atoms with Crippen molar-refractivity contribution >= 4 is 46.8 Å². The Morgan fingerprint density at radius 1 is 0.892 bits per heavy atom. The van der Waals surface area contributed by atoms with Crippen LogP contribution in [0.5, 0.6) is 0 Å². The molecular weight excluding hydrogens is 523 g/mol. The second kappa shape index (κ2) is 13.9. The van der Waals surface area contributed by atoms with Gasteiger partial charge in [0.15, 0.2) is 0 Å². The van der Waals surface area contributed by atoms with Crippen molar-refractivity contribution in [3.05, 3.63) is 100 Å². The maximum absolute atomic E-state index is 13.8. The number of hydrogen-bond donors (Lipinski definition) is 1. The van der Waals surface area contributed by atoms with Crippen molar-refractivity contribution < 1.29 is 9.59 Å². The number of thioether (sulfide) groups is 1. The lowest BCUT2D eigenvalue weighted by molar-refractivity contribution is -0.141. The summed E-state index contributed by atoms with van der Waals surface area (Å²) in [6, 6.07) is 24.6. The van der Waals surface area contributed by atoms with Gasteiger partial charge >= 0.3 is 0 Å². The SMILES string of the molecule is O=C(NC1CCCC1)[C@@H](Cc1ccccc1)N(Cc1c(Cl)cccc1Cl)C(=O)CCSc1ccccc1. The summed E-state index contributed by atoms with van der Waals surface area (Å²) in [5.74, 6) is 0.391. The topological polar surface area (TPSA) is 49.4 Å². The average Bonchev–Trinajstić information content (AvgIpc) is 3.42. The fourth-order valence-corrected chi connectivity index (χ4v) is 6.07. The molecule has 1 saturated carbocycles. The molecule has 1 N–H and O–H groups in total. The zero-order valence-corrected chi connectivity index (χ0v) is 23.1. The molecule has 1 atom stereocenters. The van der Waals surface area contributed by atoms with Crippen LogP contribution in [0.3, 0.4) is 0 Å². The molecular formula is C30H32Cl2N2O2S. The van der Waals surface area contributed by atoms with Crippen molar-refractivity contribution in [2.45, 2.75) is 62.0 Å². The highest BCUT2D eigenvalue weighted by molar-refractivity contribution is 7.99. The normalized spacial score (nSPS) is 14.3. The van der Waals surface area contributed by atoms with Crippen LogP contribution in [-0.4, -0.2) is 34.6 Å². The molecule has 0 bridgehead atoms. The molecule has 0 heterocycles. The Morgan fingerprint density at radius 2 is 1.51 bits per heavy atom. The molecule has 0 aliphatic heterocycles. The zero-order valence-electron chi connectivity index (χ0n) is 20.7. The van der Waals surface area contributed by atoms with Crippen molar-refractivity contribution in [2.24, 2.45) is 0 Å². The van der Waals surface area contributed by atoms with Crippen LogP contribution in [-0.2, 0) is 22.6 Å². The monoisotopic (exact) mass is 554 g/mol. The Labute approximate surface area is 233 Å². The first-order valence-electron chi connectivity index (χ1n) is 12.8. The van der Waals surface area contributed by atoms with E-state index in [1.165, 1.54) is 0 Å². The molecule has 194 valence electrons. The van der Waals surface area contributed by atoms with E-state index in [4.69, 9.17) is 23.2 Å². The van der Waals surface area contributed by atoms with Crippen molar-refractivity contribution in [2.75, 3.05) is 5.75 Å². The predicted molar refractivity (Wildman–Crippen MR) is 153 cm³/mol. The average molecular weight is 556 g/mol. The summed E-state index contributed by atoms with van der Waals surface area (Å²) < 4.78 is 0. The van der Waals surface area contributed by atoms with E-state index in [2.05, 4.69) is 5.32 Å². The number of rotatable bonds is 11. The molecule has 0 saturated heterocycles. The molecule has 1 aliphatic carbocycles. The Kier molecular flexibility index (Phi) is 10.4. The lowest BCUT2D eigenvalue weighted by atomic mass is 10.0. The largest absolute Gasteiger partial charge is 0.352 e. The van der Waals surface area contributed by atoms with Gasteiger partial charge in [0, 0.05) is 51.7 Å². The highest BCUT2D eigenvalue weighted by atomic mass is 35.5. The number of amides is 2. The molecule has 2 amide bonds. The van der Waals surface area contributed by atoms with E-state index in [1.54, 1.807) is 34.9 Å². The molecule has 3 aromatic carbocycles. The summed E-state index contributed by atoms with van der Waals surface area (Å²) in [5.41, 5.74) is 1.65. The number of halogens is 2. The van der Waals surface area contributed by atoms with Crippen molar-refractivity contribution in [3.8, 4) is 0 Å². The van der Waals surface area contributed by atoms with Crippen LogP contribution in [0.15, 0.2) is 83.8 Å². The molecule has 1 aliphatic rings. The van der Waals surface area contributed by atoms with Crippen LogP contribution >= 0.6 is 35.0 Å². The highest BCUT2D eigenvalue weighted by Crippen LogP contribution is 2.28. The molecule has 4 nitrogen and oxygen atoms in total. The summed E-state index contributed by atoms with van der Waals surface area (Å²) in [4.78, 5) is 30.3. The van der Waals surface area contributed by atoms with Gasteiger partial charge in [0.25, 0.3) is 0 Å². The molecule has 0 unspecified atom stereocenters. The number of nitrogens with zero attached hydrogens (tertiary/aromatic N) is 1. The molecule has 0 radical (unpaired) electrons. The Hall–Kier alpha value is -2.47. The van der Waals surface area contributed by atoms with Gasteiger partial charge in [-0.1, -0.05) is 90.6 Å². The maximum atomic E-state index is 13.8. The van der Waals surface area contributed by atoms with Gasteiger partial charge in [0.05, 0.1) is 0 Å². The molecule has 7 heteroatoms. The zero-order chi connectivity index (χ0) is 26.0. The summed E-state index contributed by atoms with van der Waals surface area (Å²) in [5, 5.41) is 4.20. The number of hydrogen-bond acceptors (Lipinski definition) is 3. The fourth-order valence-electron chi connectivity index (χ4n) is 4.69. The third kappa shape index (κ3) is 8.00. The Balaban J connectivity index is 1.60. The van der Waals surface area contributed by atoms with Crippen molar-refractivity contribution in [1.82, 2.24) is 10.2 Å². The molecule has 3 aromatic rings.